The highest BCUT2D eigenvalue weighted by Gasteiger charge is 2.13. The molecule has 1 heterocycles. The number of H-pyrrole nitrogens is 1. The van der Waals surface area contributed by atoms with Crippen LogP contribution in [0.5, 0.6) is 0 Å². The van der Waals surface area contributed by atoms with E-state index in [1.165, 1.54) is 18.4 Å². The predicted octanol–water partition coefficient (Wildman–Crippen LogP) is 2.22. The number of hydrogen-bond acceptors (Lipinski definition) is 2. The normalized spacial score (nSPS) is 16.8. The number of aryl methyl sites for hydroxylation is 1. The topological polar surface area (TPSA) is 28.9 Å². The van der Waals surface area contributed by atoms with Gasteiger partial charge < -0.3 is 4.52 Å². The molecule has 0 spiro atoms. The fourth-order valence-corrected chi connectivity index (χ4v) is 1.66. The van der Waals surface area contributed by atoms with Crippen molar-refractivity contribution in [2.24, 2.45) is 0 Å². The second-order valence-electron chi connectivity index (χ2n) is 2.64. The summed E-state index contributed by atoms with van der Waals surface area (Å²) in [4.78, 5) is 0. The van der Waals surface area contributed by atoms with Gasteiger partial charge in [0.2, 0.25) is 0 Å². The van der Waals surface area contributed by atoms with Crippen molar-refractivity contribution in [3.63, 3.8) is 0 Å². The minimum Gasteiger partial charge on any atom is -0.385 e. The van der Waals surface area contributed by atoms with Gasteiger partial charge in [0, 0.05) is 12.0 Å². The van der Waals surface area contributed by atoms with Crippen LogP contribution in [-0.2, 0) is 12.8 Å². The van der Waals surface area contributed by atoms with Gasteiger partial charge >= 0.3 is 0 Å². The van der Waals surface area contributed by atoms with Crippen LogP contribution in [0.3, 0.4) is 0 Å². The quantitative estimate of drug-likeness (QED) is 0.582. The van der Waals surface area contributed by atoms with E-state index in [-0.39, 0.29) is 0 Å². The number of rotatable bonds is 0. The largest absolute Gasteiger partial charge is 0.385 e. The summed E-state index contributed by atoms with van der Waals surface area (Å²) in [6, 6.07) is 0. The zero-order chi connectivity index (χ0) is 6.97. The molecule has 3 heteroatoms. The minimum atomic E-state index is 0.801. The molecule has 1 aliphatic carbocycles. The molecule has 0 unspecified atom stereocenters. The molecule has 0 bridgehead atoms. The summed E-state index contributed by atoms with van der Waals surface area (Å²) >= 11 is 5.02. The molecule has 54 valence electrons. The van der Waals surface area contributed by atoms with Crippen molar-refractivity contribution in [3.05, 3.63) is 16.0 Å². The van der Waals surface area contributed by atoms with Gasteiger partial charge in [-0.25, -0.2) is 5.16 Å². The number of nitrogens with one attached hydrogen (secondary N) is 1. The fourth-order valence-electron chi connectivity index (χ4n) is 1.40. The average Bonchev–Trinajstić information content (AvgIpc) is 2.34. The van der Waals surface area contributed by atoms with Gasteiger partial charge in [-0.1, -0.05) is 12.2 Å². The Labute approximate surface area is 64.2 Å². The summed E-state index contributed by atoms with van der Waals surface area (Å²) in [5.74, 6) is 1.08. The molecule has 0 fully saturated rings. The Morgan fingerprint density at radius 2 is 2.10 bits per heavy atom. The highest BCUT2D eigenvalue weighted by Crippen LogP contribution is 2.21. The third-order valence-corrected chi connectivity index (χ3v) is 2.29. The van der Waals surface area contributed by atoms with E-state index in [1.807, 2.05) is 0 Å². The first-order chi connectivity index (χ1) is 4.88. The summed E-state index contributed by atoms with van der Waals surface area (Å²) in [5, 5.41) is 2.72. The average molecular weight is 155 g/mol. The zero-order valence-electron chi connectivity index (χ0n) is 5.64. The van der Waals surface area contributed by atoms with Gasteiger partial charge in [-0.3, -0.25) is 0 Å². The Balaban J connectivity index is 2.55. The van der Waals surface area contributed by atoms with E-state index >= 15 is 0 Å². The third kappa shape index (κ3) is 0.814. The number of fused-ring (bicyclic) bond motifs is 1. The second-order valence-corrected chi connectivity index (χ2v) is 3.05. The molecule has 0 atom stereocenters. The lowest BCUT2D eigenvalue weighted by molar-refractivity contribution is 0.371. The summed E-state index contributed by atoms with van der Waals surface area (Å²) in [5.41, 5.74) is 1.24. The number of aromatic amines is 1. The third-order valence-electron chi connectivity index (χ3n) is 1.96. The zero-order valence-corrected chi connectivity index (χ0v) is 6.46. The Hall–Kier alpha value is -0.570. The van der Waals surface area contributed by atoms with Crippen LogP contribution in [0, 0.1) is 4.64 Å². The molecule has 2 nitrogen and oxygen atoms in total. The predicted molar refractivity (Wildman–Crippen MR) is 40.5 cm³/mol. The Morgan fingerprint density at radius 3 is 2.90 bits per heavy atom. The van der Waals surface area contributed by atoms with Crippen molar-refractivity contribution >= 4 is 12.2 Å². The fraction of sp³-hybridized carbons (Fsp3) is 0.571. The van der Waals surface area contributed by atoms with Gasteiger partial charge in [0.15, 0.2) is 0 Å². The van der Waals surface area contributed by atoms with Crippen LogP contribution >= 0.6 is 12.2 Å². The van der Waals surface area contributed by atoms with Crippen LogP contribution in [0.2, 0.25) is 0 Å². The van der Waals surface area contributed by atoms with Crippen LogP contribution in [0.4, 0.5) is 0 Å². The molecule has 0 aliphatic heterocycles. The van der Waals surface area contributed by atoms with Gasteiger partial charge in [-0.05, 0) is 19.3 Å². The van der Waals surface area contributed by atoms with Gasteiger partial charge in [0.1, 0.15) is 10.4 Å². The number of aromatic nitrogens is 1. The molecule has 0 aromatic carbocycles. The van der Waals surface area contributed by atoms with E-state index in [4.69, 9.17) is 16.7 Å². The molecule has 0 amide bonds. The van der Waals surface area contributed by atoms with Crippen molar-refractivity contribution in [3.8, 4) is 0 Å². The maximum Gasteiger partial charge on any atom is 0.141 e. The summed E-state index contributed by atoms with van der Waals surface area (Å²) < 4.78 is 5.96. The lowest BCUT2D eigenvalue weighted by Crippen LogP contribution is -1.98. The molecule has 2 rings (SSSR count). The molecular weight excluding hydrogens is 146 g/mol. The molecule has 1 aliphatic rings. The highest BCUT2D eigenvalue weighted by molar-refractivity contribution is 7.71. The first-order valence-electron chi connectivity index (χ1n) is 3.57. The van der Waals surface area contributed by atoms with Crippen LogP contribution in [0.1, 0.15) is 24.2 Å². The van der Waals surface area contributed by atoms with Crippen LogP contribution in [-0.4, -0.2) is 5.16 Å². The molecule has 0 saturated heterocycles. The summed E-state index contributed by atoms with van der Waals surface area (Å²) in [7, 11) is 0. The van der Waals surface area contributed by atoms with Crippen molar-refractivity contribution < 1.29 is 4.52 Å². The SMILES string of the molecule is S=c1[nH]oc2c1CCCC2. The van der Waals surface area contributed by atoms with E-state index in [0.29, 0.717) is 0 Å². The summed E-state index contributed by atoms with van der Waals surface area (Å²) in [6.45, 7) is 0. The maximum atomic E-state index is 5.16. The van der Waals surface area contributed by atoms with Crippen LogP contribution in [0.15, 0.2) is 4.52 Å². The van der Waals surface area contributed by atoms with Crippen LogP contribution in [0.25, 0.3) is 0 Å². The van der Waals surface area contributed by atoms with Crippen LogP contribution < -0.4 is 0 Å². The van der Waals surface area contributed by atoms with Crippen molar-refractivity contribution in [2.45, 2.75) is 25.7 Å². The Morgan fingerprint density at radius 1 is 1.30 bits per heavy atom. The lowest BCUT2D eigenvalue weighted by atomic mass is 9.99. The lowest BCUT2D eigenvalue weighted by Gasteiger charge is -2.05. The molecule has 1 N–H and O–H groups in total. The standard InChI is InChI=1S/C7H9NOS/c10-7-5-3-1-2-4-6(5)9-8-7/h1-4H2,(H,8,10). The molecule has 1 aromatic heterocycles. The van der Waals surface area contributed by atoms with E-state index < -0.39 is 0 Å². The van der Waals surface area contributed by atoms with Crippen molar-refractivity contribution in [1.29, 1.82) is 0 Å². The Bertz CT molecular complexity index is 286. The van der Waals surface area contributed by atoms with Gasteiger partial charge in [0.25, 0.3) is 0 Å². The molecule has 10 heavy (non-hydrogen) atoms. The van der Waals surface area contributed by atoms with Gasteiger partial charge in [0.05, 0.1) is 0 Å². The Kier molecular flexibility index (Phi) is 1.38. The monoisotopic (exact) mass is 155 g/mol. The number of hydrogen-bond donors (Lipinski definition) is 1. The maximum absolute atomic E-state index is 5.16. The first-order valence-corrected chi connectivity index (χ1v) is 3.98. The second kappa shape index (κ2) is 2.23. The molecule has 0 radical (unpaired) electrons. The van der Waals surface area contributed by atoms with Gasteiger partial charge in [-0.2, -0.15) is 0 Å². The van der Waals surface area contributed by atoms with E-state index in [1.54, 1.807) is 0 Å². The molecular formula is C7H9NOS. The summed E-state index contributed by atoms with van der Waals surface area (Å²) in [6.07, 6.45) is 4.65. The van der Waals surface area contributed by atoms with E-state index in [2.05, 4.69) is 5.16 Å². The van der Waals surface area contributed by atoms with E-state index in [9.17, 15) is 0 Å². The molecule has 0 saturated carbocycles. The van der Waals surface area contributed by atoms with Gasteiger partial charge in [-0.15, -0.1) is 0 Å². The molecule has 1 aromatic rings. The highest BCUT2D eigenvalue weighted by atomic mass is 32.1. The smallest absolute Gasteiger partial charge is 0.141 e. The van der Waals surface area contributed by atoms with E-state index in [0.717, 1.165) is 23.2 Å². The minimum absolute atomic E-state index is 0.801. The first kappa shape index (κ1) is 6.16. The van der Waals surface area contributed by atoms with Crippen molar-refractivity contribution in [1.82, 2.24) is 5.16 Å². The van der Waals surface area contributed by atoms with Crippen molar-refractivity contribution in [2.75, 3.05) is 0 Å².